The number of ether oxygens (including phenoxy) is 1. The van der Waals surface area contributed by atoms with Gasteiger partial charge >= 0.3 is 5.97 Å². The van der Waals surface area contributed by atoms with Crippen LogP contribution in [0.5, 0.6) is 0 Å². The van der Waals surface area contributed by atoms with Crippen LogP contribution in [0.25, 0.3) is 10.9 Å². The third kappa shape index (κ3) is 3.65. The van der Waals surface area contributed by atoms with Crippen molar-refractivity contribution in [1.29, 1.82) is 5.26 Å². The lowest BCUT2D eigenvalue weighted by Crippen LogP contribution is -2.25. The molecule has 2 rings (SSSR count). The van der Waals surface area contributed by atoms with E-state index in [0.29, 0.717) is 28.2 Å². The van der Waals surface area contributed by atoms with E-state index in [-0.39, 0.29) is 24.5 Å². The standard InChI is InChI=1S/C15H15N3O3S/c1-21-13(19)7-9-18-14(20)11-5-2-3-6-12(11)17-15(18)22-10-4-8-16/h2-3,5-6H,4,7,9-10H2,1H3. The predicted octanol–water partition coefficient (Wildman–Crippen LogP) is 1.97. The monoisotopic (exact) mass is 317 g/mol. The zero-order valence-electron chi connectivity index (χ0n) is 12.1. The number of carbonyl (C=O) groups is 1. The Bertz CT molecular complexity index is 780. The molecule has 1 aromatic heterocycles. The average Bonchev–Trinajstić information content (AvgIpc) is 2.54. The van der Waals surface area contributed by atoms with Crippen molar-refractivity contribution >= 4 is 28.6 Å². The molecule has 0 atom stereocenters. The molecule has 0 aliphatic rings. The minimum Gasteiger partial charge on any atom is -0.469 e. The Labute approximate surface area is 131 Å². The molecule has 22 heavy (non-hydrogen) atoms. The van der Waals surface area contributed by atoms with E-state index < -0.39 is 0 Å². The van der Waals surface area contributed by atoms with E-state index in [1.165, 1.54) is 23.4 Å². The van der Waals surface area contributed by atoms with Crippen LogP contribution in [0.2, 0.25) is 0 Å². The van der Waals surface area contributed by atoms with Gasteiger partial charge in [0.15, 0.2) is 5.16 Å². The van der Waals surface area contributed by atoms with Gasteiger partial charge in [-0.3, -0.25) is 14.2 Å². The van der Waals surface area contributed by atoms with Crippen molar-refractivity contribution in [2.45, 2.75) is 24.5 Å². The van der Waals surface area contributed by atoms with E-state index in [0.717, 1.165) is 0 Å². The molecular weight excluding hydrogens is 302 g/mol. The van der Waals surface area contributed by atoms with Crippen molar-refractivity contribution in [3.8, 4) is 6.07 Å². The molecule has 0 N–H and O–H groups in total. The summed E-state index contributed by atoms with van der Waals surface area (Å²) in [5.41, 5.74) is 0.426. The Morgan fingerprint density at radius 1 is 1.45 bits per heavy atom. The topological polar surface area (TPSA) is 85.0 Å². The number of hydrogen-bond donors (Lipinski definition) is 0. The molecule has 0 bridgehead atoms. The maximum Gasteiger partial charge on any atom is 0.307 e. The molecular formula is C15H15N3O3S. The number of benzene rings is 1. The average molecular weight is 317 g/mol. The van der Waals surface area contributed by atoms with Crippen molar-refractivity contribution in [2.24, 2.45) is 0 Å². The van der Waals surface area contributed by atoms with Crippen LogP contribution in [0, 0.1) is 11.3 Å². The highest BCUT2D eigenvalue weighted by Crippen LogP contribution is 2.18. The number of aromatic nitrogens is 2. The first-order chi connectivity index (χ1) is 10.7. The lowest BCUT2D eigenvalue weighted by molar-refractivity contribution is -0.140. The van der Waals surface area contributed by atoms with Gasteiger partial charge in [-0.15, -0.1) is 0 Å². The summed E-state index contributed by atoms with van der Waals surface area (Å²) in [6, 6.07) is 9.14. The predicted molar refractivity (Wildman–Crippen MR) is 83.6 cm³/mol. The highest BCUT2D eigenvalue weighted by atomic mass is 32.2. The number of rotatable bonds is 6. The first kappa shape index (κ1) is 16.0. The molecule has 0 fully saturated rings. The smallest absolute Gasteiger partial charge is 0.307 e. The molecule has 0 saturated carbocycles. The minimum atomic E-state index is -0.381. The Kier molecular flexibility index (Phi) is 5.55. The maximum atomic E-state index is 12.6. The number of nitriles is 1. The Morgan fingerprint density at radius 2 is 2.23 bits per heavy atom. The third-order valence-corrected chi connectivity index (χ3v) is 4.02. The number of para-hydroxylation sites is 1. The van der Waals surface area contributed by atoms with Crippen LogP contribution in [0.1, 0.15) is 12.8 Å². The molecule has 0 amide bonds. The summed E-state index contributed by atoms with van der Waals surface area (Å²) in [6.07, 6.45) is 0.465. The van der Waals surface area contributed by atoms with E-state index in [1.54, 1.807) is 18.2 Å². The lowest BCUT2D eigenvalue weighted by Gasteiger charge is -2.12. The van der Waals surface area contributed by atoms with Gasteiger partial charge in [-0.2, -0.15) is 5.26 Å². The van der Waals surface area contributed by atoms with Crippen molar-refractivity contribution in [2.75, 3.05) is 12.9 Å². The van der Waals surface area contributed by atoms with Crippen LogP contribution in [-0.2, 0) is 16.1 Å². The number of carbonyl (C=O) groups excluding carboxylic acids is 1. The largest absolute Gasteiger partial charge is 0.469 e. The quantitative estimate of drug-likeness (QED) is 0.350. The molecule has 0 aliphatic heterocycles. The summed E-state index contributed by atoms with van der Waals surface area (Å²) in [4.78, 5) is 28.4. The fourth-order valence-electron chi connectivity index (χ4n) is 1.95. The molecule has 6 nitrogen and oxygen atoms in total. The van der Waals surface area contributed by atoms with Gasteiger partial charge in [0, 0.05) is 18.7 Å². The zero-order valence-corrected chi connectivity index (χ0v) is 12.9. The molecule has 0 unspecified atom stereocenters. The van der Waals surface area contributed by atoms with Crippen LogP contribution >= 0.6 is 11.8 Å². The van der Waals surface area contributed by atoms with Crippen molar-refractivity contribution < 1.29 is 9.53 Å². The van der Waals surface area contributed by atoms with Crippen molar-refractivity contribution in [3.05, 3.63) is 34.6 Å². The number of esters is 1. The molecule has 0 spiro atoms. The second-order valence-electron chi connectivity index (χ2n) is 4.45. The van der Waals surface area contributed by atoms with Crippen LogP contribution in [0.3, 0.4) is 0 Å². The summed E-state index contributed by atoms with van der Waals surface area (Å²) in [5.74, 6) is 0.160. The van der Waals surface area contributed by atoms with E-state index in [1.807, 2.05) is 6.07 Å². The minimum absolute atomic E-state index is 0.0994. The van der Waals surface area contributed by atoms with Gasteiger partial charge in [-0.05, 0) is 12.1 Å². The summed E-state index contributed by atoms with van der Waals surface area (Å²) in [5, 5.41) is 9.66. The molecule has 7 heteroatoms. The molecule has 0 aliphatic carbocycles. The first-order valence-corrected chi connectivity index (χ1v) is 7.72. The Balaban J connectivity index is 2.41. The number of thioether (sulfide) groups is 1. The first-order valence-electron chi connectivity index (χ1n) is 6.73. The van der Waals surface area contributed by atoms with Crippen molar-refractivity contribution in [3.63, 3.8) is 0 Å². The van der Waals surface area contributed by atoms with E-state index in [2.05, 4.69) is 15.8 Å². The number of hydrogen-bond acceptors (Lipinski definition) is 6. The summed E-state index contributed by atoms with van der Waals surface area (Å²) >= 11 is 1.34. The molecule has 0 saturated heterocycles. The van der Waals surface area contributed by atoms with E-state index in [9.17, 15) is 9.59 Å². The third-order valence-electron chi connectivity index (χ3n) is 3.04. The van der Waals surface area contributed by atoms with Crippen LogP contribution in [0.15, 0.2) is 34.2 Å². The molecule has 2 aromatic rings. The number of methoxy groups -OCH3 is 1. The second kappa shape index (κ2) is 7.61. The van der Waals surface area contributed by atoms with Gasteiger partial charge in [0.05, 0.1) is 30.5 Å². The molecule has 0 radical (unpaired) electrons. The van der Waals surface area contributed by atoms with Gasteiger partial charge in [0.1, 0.15) is 0 Å². The highest BCUT2D eigenvalue weighted by molar-refractivity contribution is 7.99. The van der Waals surface area contributed by atoms with E-state index in [4.69, 9.17) is 5.26 Å². The normalized spacial score (nSPS) is 10.4. The van der Waals surface area contributed by atoms with Gasteiger partial charge in [0.2, 0.25) is 0 Å². The van der Waals surface area contributed by atoms with Gasteiger partial charge in [-0.1, -0.05) is 23.9 Å². The van der Waals surface area contributed by atoms with Crippen LogP contribution in [0.4, 0.5) is 0 Å². The molecule has 114 valence electrons. The van der Waals surface area contributed by atoms with Gasteiger partial charge in [-0.25, -0.2) is 4.98 Å². The molecule has 1 aromatic carbocycles. The maximum absolute atomic E-state index is 12.6. The lowest BCUT2D eigenvalue weighted by atomic mass is 10.2. The summed E-state index contributed by atoms with van der Waals surface area (Å²) < 4.78 is 6.09. The van der Waals surface area contributed by atoms with Crippen LogP contribution in [-0.4, -0.2) is 28.4 Å². The summed E-state index contributed by atoms with van der Waals surface area (Å²) in [7, 11) is 1.31. The van der Waals surface area contributed by atoms with Gasteiger partial charge < -0.3 is 4.74 Å². The van der Waals surface area contributed by atoms with Crippen molar-refractivity contribution in [1.82, 2.24) is 9.55 Å². The fourth-order valence-corrected chi connectivity index (χ4v) is 2.82. The number of nitrogens with zero attached hydrogens (tertiary/aromatic N) is 3. The van der Waals surface area contributed by atoms with Gasteiger partial charge in [0.25, 0.3) is 5.56 Å². The number of fused-ring (bicyclic) bond motifs is 1. The van der Waals surface area contributed by atoms with Crippen LogP contribution < -0.4 is 5.56 Å². The molecule has 1 heterocycles. The Morgan fingerprint density at radius 3 is 2.95 bits per heavy atom. The zero-order chi connectivity index (χ0) is 15.9. The fraction of sp³-hybridized carbons (Fsp3) is 0.333. The summed E-state index contributed by atoms with van der Waals surface area (Å²) in [6.45, 7) is 0.207. The van der Waals surface area contributed by atoms with E-state index >= 15 is 0 Å². The second-order valence-corrected chi connectivity index (χ2v) is 5.51. The Hall–Kier alpha value is -2.33. The SMILES string of the molecule is COC(=O)CCn1c(SCCC#N)nc2ccccc2c1=O. The highest BCUT2D eigenvalue weighted by Gasteiger charge is 2.12.